The van der Waals surface area contributed by atoms with Crippen LogP contribution in [0.25, 0.3) is 10.9 Å². The van der Waals surface area contributed by atoms with Crippen LogP contribution >= 0.6 is 0 Å². The van der Waals surface area contributed by atoms with Crippen molar-refractivity contribution in [2.45, 2.75) is 26.2 Å². The lowest BCUT2D eigenvalue weighted by Crippen LogP contribution is -2.40. The number of benzene rings is 1. The van der Waals surface area contributed by atoms with E-state index >= 15 is 0 Å². The molecule has 94 valence electrons. The SMILES string of the molecule is CC1(CNC(=O)c2cccc3cc[nH]c23)CCC1. The lowest BCUT2D eigenvalue weighted by molar-refractivity contribution is 0.0892. The number of H-pyrrole nitrogens is 1. The zero-order valence-electron chi connectivity index (χ0n) is 10.6. The Morgan fingerprint density at radius 3 is 2.94 bits per heavy atom. The van der Waals surface area contributed by atoms with E-state index in [1.807, 2.05) is 30.5 Å². The molecule has 1 amide bonds. The molecular formula is C15H18N2O. The Labute approximate surface area is 107 Å². The zero-order valence-corrected chi connectivity index (χ0v) is 10.6. The quantitative estimate of drug-likeness (QED) is 0.853. The summed E-state index contributed by atoms with van der Waals surface area (Å²) in [4.78, 5) is 15.3. The molecule has 0 radical (unpaired) electrons. The van der Waals surface area contributed by atoms with Gasteiger partial charge in [-0.25, -0.2) is 0 Å². The maximum Gasteiger partial charge on any atom is 0.253 e. The van der Waals surface area contributed by atoms with Gasteiger partial charge in [0.05, 0.1) is 11.1 Å². The lowest BCUT2D eigenvalue weighted by atomic mass is 9.70. The third-order valence-electron chi connectivity index (χ3n) is 4.07. The molecular weight excluding hydrogens is 224 g/mol. The van der Waals surface area contributed by atoms with Crippen LogP contribution in [0.15, 0.2) is 30.5 Å². The van der Waals surface area contributed by atoms with E-state index in [-0.39, 0.29) is 5.91 Å². The largest absolute Gasteiger partial charge is 0.361 e. The van der Waals surface area contributed by atoms with Crippen LogP contribution in [-0.2, 0) is 0 Å². The van der Waals surface area contributed by atoms with Gasteiger partial charge >= 0.3 is 0 Å². The molecule has 1 saturated carbocycles. The minimum absolute atomic E-state index is 0.0242. The molecule has 0 bridgehead atoms. The van der Waals surface area contributed by atoms with Gasteiger partial charge in [0.25, 0.3) is 5.91 Å². The highest BCUT2D eigenvalue weighted by Gasteiger charge is 2.32. The average molecular weight is 242 g/mol. The van der Waals surface area contributed by atoms with E-state index in [0.717, 1.165) is 23.0 Å². The van der Waals surface area contributed by atoms with Crippen molar-refractivity contribution in [2.75, 3.05) is 6.54 Å². The van der Waals surface area contributed by atoms with E-state index in [1.54, 1.807) is 0 Å². The first-order valence-corrected chi connectivity index (χ1v) is 6.52. The highest BCUT2D eigenvalue weighted by atomic mass is 16.1. The molecule has 3 nitrogen and oxygen atoms in total. The third-order valence-corrected chi connectivity index (χ3v) is 4.07. The zero-order chi connectivity index (χ0) is 12.6. The number of amides is 1. The first kappa shape index (κ1) is 11.3. The van der Waals surface area contributed by atoms with Crippen molar-refractivity contribution in [1.29, 1.82) is 0 Å². The Hall–Kier alpha value is -1.77. The van der Waals surface area contributed by atoms with Crippen molar-refractivity contribution in [2.24, 2.45) is 5.41 Å². The minimum Gasteiger partial charge on any atom is -0.361 e. The summed E-state index contributed by atoms with van der Waals surface area (Å²) in [6.07, 6.45) is 5.60. The minimum atomic E-state index is 0.0242. The van der Waals surface area contributed by atoms with Crippen molar-refractivity contribution in [3.8, 4) is 0 Å². The molecule has 18 heavy (non-hydrogen) atoms. The predicted octanol–water partition coefficient (Wildman–Crippen LogP) is 3.09. The molecule has 1 aromatic carbocycles. The van der Waals surface area contributed by atoms with Gasteiger partial charge in [-0.15, -0.1) is 0 Å². The van der Waals surface area contributed by atoms with Gasteiger partial charge in [-0.1, -0.05) is 25.5 Å². The van der Waals surface area contributed by atoms with Crippen molar-refractivity contribution in [3.63, 3.8) is 0 Å². The number of carbonyl (C=O) groups is 1. The molecule has 2 aromatic rings. The number of nitrogens with one attached hydrogen (secondary N) is 2. The summed E-state index contributed by atoms with van der Waals surface area (Å²) in [5.74, 6) is 0.0242. The fourth-order valence-corrected chi connectivity index (χ4v) is 2.62. The number of aromatic nitrogens is 1. The van der Waals surface area contributed by atoms with Crippen LogP contribution in [-0.4, -0.2) is 17.4 Å². The Bertz CT molecular complexity index is 581. The second kappa shape index (κ2) is 4.16. The van der Waals surface area contributed by atoms with Gasteiger partial charge in [0.2, 0.25) is 0 Å². The lowest BCUT2D eigenvalue weighted by Gasteiger charge is -2.38. The highest BCUT2D eigenvalue weighted by Crippen LogP contribution is 2.39. The summed E-state index contributed by atoms with van der Waals surface area (Å²) in [6, 6.07) is 7.79. The average Bonchev–Trinajstić information content (AvgIpc) is 2.81. The fourth-order valence-electron chi connectivity index (χ4n) is 2.62. The molecule has 0 unspecified atom stereocenters. The molecule has 1 aliphatic carbocycles. The Morgan fingerprint density at radius 1 is 1.39 bits per heavy atom. The molecule has 1 fully saturated rings. The molecule has 1 heterocycles. The predicted molar refractivity (Wildman–Crippen MR) is 72.6 cm³/mol. The molecule has 3 rings (SSSR count). The molecule has 0 spiro atoms. The van der Waals surface area contributed by atoms with Crippen LogP contribution < -0.4 is 5.32 Å². The van der Waals surface area contributed by atoms with Crippen molar-refractivity contribution in [1.82, 2.24) is 10.3 Å². The van der Waals surface area contributed by atoms with Crippen LogP contribution in [0, 0.1) is 5.41 Å². The summed E-state index contributed by atoms with van der Waals surface area (Å²) in [7, 11) is 0. The van der Waals surface area contributed by atoms with Gasteiger partial charge in [0, 0.05) is 18.1 Å². The second-order valence-electron chi connectivity index (χ2n) is 5.59. The Kier molecular flexibility index (Phi) is 2.62. The molecule has 1 aliphatic rings. The molecule has 0 atom stereocenters. The van der Waals surface area contributed by atoms with Gasteiger partial charge in [0.1, 0.15) is 0 Å². The fraction of sp³-hybridized carbons (Fsp3) is 0.400. The smallest absolute Gasteiger partial charge is 0.253 e. The number of fused-ring (bicyclic) bond motifs is 1. The van der Waals surface area contributed by atoms with E-state index in [4.69, 9.17) is 0 Å². The summed E-state index contributed by atoms with van der Waals surface area (Å²) in [5.41, 5.74) is 1.98. The highest BCUT2D eigenvalue weighted by molar-refractivity contribution is 6.05. The summed E-state index contributed by atoms with van der Waals surface area (Å²) in [5, 5.41) is 4.15. The van der Waals surface area contributed by atoms with Crippen LogP contribution in [0.2, 0.25) is 0 Å². The first-order chi connectivity index (χ1) is 8.68. The number of aromatic amines is 1. The number of hydrogen-bond donors (Lipinski definition) is 2. The molecule has 2 N–H and O–H groups in total. The van der Waals surface area contributed by atoms with Crippen LogP contribution in [0.1, 0.15) is 36.5 Å². The van der Waals surface area contributed by atoms with Crippen molar-refractivity contribution in [3.05, 3.63) is 36.0 Å². The number of rotatable bonds is 3. The number of para-hydroxylation sites is 1. The Balaban J connectivity index is 1.77. The Morgan fingerprint density at radius 2 is 2.22 bits per heavy atom. The van der Waals surface area contributed by atoms with Gasteiger partial charge in [-0.3, -0.25) is 4.79 Å². The topological polar surface area (TPSA) is 44.9 Å². The van der Waals surface area contributed by atoms with Crippen LogP contribution in [0.3, 0.4) is 0 Å². The maximum absolute atomic E-state index is 12.2. The van der Waals surface area contributed by atoms with Crippen LogP contribution in [0.4, 0.5) is 0 Å². The van der Waals surface area contributed by atoms with Gasteiger partial charge in [0.15, 0.2) is 0 Å². The van der Waals surface area contributed by atoms with Crippen molar-refractivity contribution < 1.29 is 4.79 Å². The van der Waals surface area contributed by atoms with Gasteiger partial charge in [-0.05, 0) is 30.4 Å². The van der Waals surface area contributed by atoms with E-state index < -0.39 is 0 Å². The van der Waals surface area contributed by atoms with Gasteiger partial charge in [-0.2, -0.15) is 0 Å². The third kappa shape index (κ3) is 1.90. The summed E-state index contributed by atoms with van der Waals surface area (Å²) in [6.45, 7) is 3.02. The summed E-state index contributed by atoms with van der Waals surface area (Å²) < 4.78 is 0. The van der Waals surface area contributed by atoms with E-state index in [9.17, 15) is 4.79 Å². The van der Waals surface area contributed by atoms with E-state index in [1.165, 1.54) is 19.3 Å². The number of hydrogen-bond acceptors (Lipinski definition) is 1. The van der Waals surface area contributed by atoms with Gasteiger partial charge < -0.3 is 10.3 Å². The molecule has 0 aliphatic heterocycles. The standard InChI is InChI=1S/C15H18N2O/c1-15(7-3-8-15)10-17-14(18)12-5-2-4-11-6-9-16-13(11)12/h2,4-6,9,16H,3,7-8,10H2,1H3,(H,17,18). The number of carbonyl (C=O) groups excluding carboxylic acids is 1. The van der Waals surface area contributed by atoms with E-state index in [0.29, 0.717) is 5.41 Å². The molecule has 1 aromatic heterocycles. The normalized spacial score (nSPS) is 17.4. The molecule has 0 saturated heterocycles. The van der Waals surface area contributed by atoms with Crippen LogP contribution in [0.5, 0.6) is 0 Å². The molecule has 3 heteroatoms. The first-order valence-electron chi connectivity index (χ1n) is 6.52. The second-order valence-corrected chi connectivity index (χ2v) is 5.59. The monoisotopic (exact) mass is 242 g/mol. The van der Waals surface area contributed by atoms with Crippen molar-refractivity contribution >= 4 is 16.8 Å². The van der Waals surface area contributed by atoms with E-state index in [2.05, 4.69) is 17.2 Å². The maximum atomic E-state index is 12.2. The summed E-state index contributed by atoms with van der Waals surface area (Å²) >= 11 is 0.